The third-order valence-corrected chi connectivity index (χ3v) is 4.65. The summed E-state index contributed by atoms with van der Waals surface area (Å²) in [6.07, 6.45) is 0.698. The number of carboxylic acids is 1. The highest BCUT2D eigenvalue weighted by Gasteiger charge is 2.03. The van der Waals surface area contributed by atoms with Crippen LogP contribution in [0.3, 0.4) is 0 Å². The van der Waals surface area contributed by atoms with Gasteiger partial charge in [0.05, 0.1) is 5.75 Å². The Balaban J connectivity index is 1.62. The van der Waals surface area contributed by atoms with Gasteiger partial charge in [-0.3, -0.25) is 4.79 Å². The lowest BCUT2D eigenvalue weighted by Gasteiger charge is -2.07. The summed E-state index contributed by atoms with van der Waals surface area (Å²) >= 11 is 7.48. The molecule has 0 heterocycles. The number of amides is 1. The first-order valence-electron chi connectivity index (χ1n) is 8.05. The van der Waals surface area contributed by atoms with Crippen LogP contribution in [0.2, 0.25) is 5.02 Å². The number of rotatable bonds is 10. The Labute approximate surface area is 161 Å². The zero-order chi connectivity index (χ0) is 18.8. The molecule has 0 unspecified atom stereocenters. The van der Waals surface area contributed by atoms with Gasteiger partial charge in [-0.15, -0.1) is 11.8 Å². The maximum atomic E-state index is 11.9. The Hall–Kier alpha value is -2.18. The summed E-state index contributed by atoms with van der Waals surface area (Å²) in [5.41, 5.74) is 2.14. The number of carbonyl (C=O) groups excluding carboxylic acids is 1. The molecule has 1 amide bonds. The van der Waals surface area contributed by atoms with Gasteiger partial charge < -0.3 is 15.2 Å². The lowest BCUT2D eigenvalue weighted by atomic mass is 10.1. The van der Waals surface area contributed by atoms with Crippen LogP contribution in [-0.4, -0.2) is 35.9 Å². The Morgan fingerprint density at radius 1 is 1.12 bits per heavy atom. The number of halogens is 1. The fourth-order valence-corrected chi connectivity index (χ4v) is 3.20. The third kappa shape index (κ3) is 7.80. The molecule has 0 saturated carbocycles. The molecule has 2 aromatic carbocycles. The van der Waals surface area contributed by atoms with E-state index in [1.165, 1.54) is 0 Å². The molecule has 7 heteroatoms. The standard InChI is InChI=1S/C19H20ClNO4S/c20-16-3-1-2-15(10-16)12-26-13-18(22)21-9-8-14-4-6-17(7-5-14)25-11-19(23)24/h1-7,10H,8-9,11-13H2,(H,21,22)(H,23,24). The molecule has 0 fully saturated rings. The average Bonchev–Trinajstić information content (AvgIpc) is 2.61. The molecule has 0 aliphatic rings. The summed E-state index contributed by atoms with van der Waals surface area (Å²) in [6, 6.07) is 14.8. The van der Waals surface area contributed by atoms with Crippen LogP contribution in [0.25, 0.3) is 0 Å². The third-order valence-electron chi connectivity index (χ3n) is 3.41. The summed E-state index contributed by atoms with van der Waals surface area (Å²) in [5.74, 6) is 0.640. The van der Waals surface area contributed by atoms with Crippen LogP contribution in [0.5, 0.6) is 5.75 Å². The SMILES string of the molecule is O=C(O)COc1ccc(CCNC(=O)CSCc2cccc(Cl)c2)cc1. The van der Waals surface area contributed by atoms with Crippen molar-refractivity contribution in [2.45, 2.75) is 12.2 Å². The van der Waals surface area contributed by atoms with Gasteiger partial charge in [-0.05, 0) is 41.8 Å². The topological polar surface area (TPSA) is 75.6 Å². The smallest absolute Gasteiger partial charge is 0.341 e. The second-order valence-electron chi connectivity index (χ2n) is 5.55. The predicted molar refractivity (Wildman–Crippen MR) is 104 cm³/mol. The highest BCUT2D eigenvalue weighted by atomic mass is 35.5. The Bertz CT molecular complexity index is 737. The maximum Gasteiger partial charge on any atom is 0.341 e. The minimum absolute atomic E-state index is 0.00144. The van der Waals surface area contributed by atoms with Crippen molar-refractivity contribution in [3.63, 3.8) is 0 Å². The molecule has 138 valence electrons. The molecule has 0 radical (unpaired) electrons. The fourth-order valence-electron chi connectivity index (χ4n) is 2.18. The molecule has 5 nitrogen and oxygen atoms in total. The highest BCUT2D eigenvalue weighted by Crippen LogP contribution is 2.16. The van der Waals surface area contributed by atoms with Crippen molar-refractivity contribution >= 4 is 35.2 Å². The molecular weight excluding hydrogens is 374 g/mol. The summed E-state index contributed by atoms with van der Waals surface area (Å²) in [7, 11) is 0. The molecule has 2 aromatic rings. The summed E-state index contributed by atoms with van der Waals surface area (Å²) in [4.78, 5) is 22.3. The first-order chi connectivity index (χ1) is 12.5. The monoisotopic (exact) mass is 393 g/mol. The molecule has 0 aliphatic heterocycles. The number of carbonyl (C=O) groups is 2. The predicted octanol–water partition coefficient (Wildman–Crippen LogP) is 3.40. The van der Waals surface area contributed by atoms with Crippen molar-refractivity contribution < 1.29 is 19.4 Å². The van der Waals surface area contributed by atoms with E-state index in [0.717, 1.165) is 16.9 Å². The molecule has 2 rings (SSSR count). The van der Waals surface area contributed by atoms with Crippen LogP contribution >= 0.6 is 23.4 Å². The number of hydrogen-bond acceptors (Lipinski definition) is 4. The zero-order valence-corrected chi connectivity index (χ0v) is 15.7. The fraction of sp³-hybridized carbons (Fsp3) is 0.263. The van der Waals surface area contributed by atoms with E-state index in [-0.39, 0.29) is 12.5 Å². The molecule has 0 bridgehead atoms. The van der Waals surface area contributed by atoms with E-state index in [0.29, 0.717) is 29.5 Å². The van der Waals surface area contributed by atoms with E-state index in [1.807, 2.05) is 36.4 Å². The van der Waals surface area contributed by atoms with Crippen LogP contribution in [0, 0.1) is 0 Å². The normalized spacial score (nSPS) is 10.3. The van der Waals surface area contributed by atoms with Gasteiger partial charge in [-0.25, -0.2) is 4.79 Å². The first-order valence-corrected chi connectivity index (χ1v) is 9.58. The molecule has 0 aliphatic carbocycles. The number of benzene rings is 2. The Kier molecular flexibility index (Phi) is 8.31. The van der Waals surface area contributed by atoms with Crippen molar-refractivity contribution in [2.75, 3.05) is 18.9 Å². The van der Waals surface area contributed by atoms with Crippen molar-refractivity contribution in [1.82, 2.24) is 5.32 Å². The second-order valence-corrected chi connectivity index (χ2v) is 6.97. The minimum atomic E-state index is -1.01. The zero-order valence-electron chi connectivity index (χ0n) is 14.1. The number of aliphatic carboxylic acids is 1. The van der Waals surface area contributed by atoms with E-state index >= 15 is 0 Å². The van der Waals surface area contributed by atoms with E-state index < -0.39 is 5.97 Å². The summed E-state index contributed by atoms with van der Waals surface area (Å²) in [5, 5.41) is 12.2. The van der Waals surface area contributed by atoms with E-state index in [4.69, 9.17) is 21.4 Å². The van der Waals surface area contributed by atoms with Crippen molar-refractivity contribution in [1.29, 1.82) is 0 Å². The van der Waals surface area contributed by atoms with E-state index in [9.17, 15) is 9.59 Å². The van der Waals surface area contributed by atoms with E-state index in [1.54, 1.807) is 23.9 Å². The lowest BCUT2D eigenvalue weighted by molar-refractivity contribution is -0.139. The highest BCUT2D eigenvalue weighted by molar-refractivity contribution is 7.99. The van der Waals surface area contributed by atoms with Gasteiger partial charge in [0, 0.05) is 17.3 Å². The number of nitrogens with one attached hydrogen (secondary N) is 1. The van der Waals surface area contributed by atoms with Gasteiger partial charge in [-0.2, -0.15) is 0 Å². The minimum Gasteiger partial charge on any atom is -0.482 e. The van der Waals surface area contributed by atoms with Crippen LogP contribution in [0.1, 0.15) is 11.1 Å². The molecule has 0 saturated heterocycles. The molecule has 26 heavy (non-hydrogen) atoms. The molecule has 2 N–H and O–H groups in total. The van der Waals surface area contributed by atoms with Crippen LogP contribution in [0.15, 0.2) is 48.5 Å². The Morgan fingerprint density at radius 2 is 1.88 bits per heavy atom. The molecule has 0 spiro atoms. The average molecular weight is 394 g/mol. The van der Waals surface area contributed by atoms with E-state index in [2.05, 4.69) is 5.32 Å². The number of carboxylic acid groups (broad SMARTS) is 1. The largest absolute Gasteiger partial charge is 0.482 e. The van der Waals surface area contributed by atoms with Gasteiger partial charge in [0.15, 0.2) is 6.61 Å². The van der Waals surface area contributed by atoms with Gasteiger partial charge in [0.1, 0.15) is 5.75 Å². The van der Waals surface area contributed by atoms with Crippen molar-refractivity contribution in [3.05, 3.63) is 64.7 Å². The summed E-state index contributed by atoms with van der Waals surface area (Å²) < 4.78 is 5.07. The molecule has 0 atom stereocenters. The van der Waals surface area contributed by atoms with Gasteiger partial charge in [0.25, 0.3) is 0 Å². The van der Waals surface area contributed by atoms with Crippen molar-refractivity contribution in [2.24, 2.45) is 0 Å². The van der Waals surface area contributed by atoms with Crippen LogP contribution < -0.4 is 10.1 Å². The number of hydrogen-bond donors (Lipinski definition) is 2. The van der Waals surface area contributed by atoms with Gasteiger partial charge in [0.2, 0.25) is 5.91 Å². The van der Waals surface area contributed by atoms with Crippen molar-refractivity contribution in [3.8, 4) is 5.75 Å². The van der Waals surface area contributed by atoms with Gasteiger partial charge in [-0.1, -0.05) is 35.9 Å². The number of thioether (sulfide) groups is 1. The first kappa shape index (κ1) is 20.1. The maximum absolute atomic E-state index is 11.9. The number of ether oxygens (including phenoxy) is 1. The quantitative estimate of drug-likeness (QED) is 0.647. The van der Waals surface area contributed by atoms with Crippen LogP contribution in [0.4, 0.5) is 0 Å². The molecular formula is C19H20ClNO4S. The summed E-state index contributed by atoms with van der Waals surface area (Å²) in [6.45, 7) is 0.189. The molecule has 0 aromatic heterocycles. The van der Waals surface area contributed by atoms with Gasteiger partial charge >= 0.3 is 5.97 Å². The van der Waals surface area contributed by atoms with Crippen LogP contribution in [-0.2, 0) is 21.8 Å². The lowest BCUT2D eigenvalue weighted by Crippen LogP contribution is -2.27. The Morgan fingerprint density at radius 3 is 2.58 bits per heavy atom. The second kappa shape index (κ2) is 10.7.